The summed E-state index contributed by atoms with van der Waals surface area (Å²) in [5, 5.41) is 3.34. The monoisotopic (exact) mass is 251 g/mol. The summed E-state index contributed by atoms with van der Waals surface area (Å²) in [6.07, 6.45) is 10.6. The van der Waals surface area contributed by atoms with Gasteiger partial charge in [0.15, 0.2) is 0 Å². The van der Waals surface area contributed by atoms with Crippen LogP contribution in [0.2, 0.25) is 0 Å². The van der Waals surface area contributed by atoms with Crippen LogP contribution in [0, 0.1) is 5.92 Å². The molecule has 1 aliphatic carbocycles. The molecule has 2 rings (SSSR count). The van der Waals surface area contributed by atoms with Crippen LogP contribution in [0.25, 0.3) is 0 Å². The lowest BCUT2D eigenvalue weighted by Crippen LogP contribution is -2.20. The van der Waals surface area contributed by atoms with E-state index in [0.717, 1.165) is 25.0 Å². The minimum Gasteiger partial charge on any atom is -0.383 e. The van der Waals surface area contributed by atoms with E-state index in [1.807, 2.05) is 6.20 Å². The van der Waals surface area contributed by atoms with Crippen LogP contribution in [0.4, 0.5) is 5.95 Å². The molecule has 0 amide bonds. The van der Waals surface area contributed by atoms with Crippen LogP contribution in [0.1, 0.15) is 45.1 Å². The predicted octanol–water partition coefficient (Wildman–Crippen LogP) is 3.08. The highest BCUT2D eigenvalue weighted by Gasteiger charge is 2.22. The van der Waals surface area contributed by atoms with E-state index in [1.165, 1.54) is 32.1 Å². The molecule has 0 radical (unpaired) electrons. The van der Waals surface area contributed by atoms with Crippen molar-refractivity contribution < 1.29 is 4.74 Å². The Balaban J connectivity index is 1.90. The number of methoxy groups -OCH3 is 1. The van der Waals surface area contributed by atoms with E-state index in [9.17, 15) is 0 Å². The lowest BCUT2D eigenvalue weighted by atomic mass is 9.84. The molecule has 4 heteroatoms. The Hall–Kier alpha value is -1.03. The standard InChI is InChI=1S/C14H25N3O/c1-3-12-4-6-13(7-5-12)17-10-8-15-14(17)16-9-11-18-2/h8,10,12-13H,3-7,9,11H2,1-2H3,(H,15,16). The first-order valence-corrected chi connectivity index (χ1v) is 7.10. The average Bonchev–Trinajstić information content (AvgIpc) is 2.88. The topological polar surface area (TPSA) is 39.1 Å². The van der Waals surface area contributed by atoms with Gasteiger partial charge in [0, 0.05) is 32.1 Å². The summed E-state index contributed by atoms with van der Waals surface area (Å²) in [6, 6.07) is 0.625. The number of nitrogens with zero attached hydrogens (tertiary/aromatic N) is 2. The first kappa shape index (κ1) is 13.4. The number of anilines is 1. The summed E-state index contributed by atoms with van der Waals surface area (Å²) in [5.41, 5.74) is 0. The molecule has 0 aliphatic heterocycles. The smallest absolute Gasteiger partial charge is 0.203 e. The zero-order chi connectivity index (χ0) is 12.8. The van der Waals surface area contributed by atoms with Gasteiger partial charge in [0.05, 0.1) is 6.61 Å². The molecule has 1 N–H and O–H groups in total. The molecule has 0 bridgehead atoms. The number of aromatic nitrogens is 2. The molecule has 1 aromatic heterocycles. The summed E-state index contributed by atoms with van der Waals surface area (Å²) >= 11 is 0. The first-order chi connectivity index (χ1) is 8.85. The van der Waals surface area contributed by atoms with E-state index < -0.39 is 0 Å². The first-order valence-electron chi connectivity index (χ1n) is 7.10. The maximum Gasteiger partial charge on any atom is 0.203 e. The van der Waals surface area contributed by atoms with Crippen molar-refractivity contribution in [2.24, 2.45) is 5.92 Å². The third kappa shape index (κ3) is 3.25. The molecule has 1 aromatic rings. The van der Waals surface area contributed by atoms with Crippen LogP contribution >= 0.6 is 0 Å². The third-order valence-electron chi connectivity index (χ3n) is 4.04. The van der Waals surface area contributed by atoms with E-state index in [2.05, 4.69) is 28.0 Å². The molecule has 1 fully saturated rings. The molecule has 1 heterocycles. The quantitative estimate of drug-likeness (QED) is 0.790. The van der Waals surface area contributed by atoms with Crippen LogP contribution in [0.5, 0.6) is 0 Å². The van der Waals surface area contributed by atoms with Crippen LogP contribution in [-0.4, -0.2) is 29.8 Å². The van der Waals surface area contributed by atoms with E-state index >= 15 is 0 Å². The van der Waals surface area contributed by atoms with Crippen molar-refractivity contribution in [2.45, 2.75) is 45.1 Å². The van der Waals surface area contributed by atoms with Crippen molar-refractivity contribution in [1.29, 1.82) is 0 Å². The fourth-order valence-corrected chi connectivity index (χ4v) is 2.84. The van der Waals surface area contributed by atoms with Gasteiger partial charge < -0.3 is 14.6 Å². The Kier molecular flexibility index (Phi) is 5.05. The lowest BCUT2D eigenvalue weighted by molar-refractivity contribution is 0.210. The Morgan fingerprint density at radius 3 is 2.83 bits per heavy atom. The summed E-state index contributed by atoms with van der Waals surface area (Å²) in [4.78, 5) is 4.40. The number of ether oxygens (including phenoxy) is 1. The van der Waals surface area contributed by atoms with Gasteiger partial charge in [-0.05, 0) is 31.6 Å². The molecule has 102 valence electrons. The number of hydrogen-bond acceptors (Lipinski definition) is 3. The minimum absolute atomic E-state index is 0.625. The van der Waals surface area contributed by atoms with Gasteiger partial charge in [-0.15, -0.1) is 0 Å². The van der Waals surface area contributed by atoms with Gasteiger partial charge >= 0.3 is 0 Å². The molecule has 4 nitrogen and oxygen atoms in total. The zero-order valence-electron chi connectivity index (χ0n) is 11.6. The van der Waals surface area contributed by atoms with Crippen molar-refractivity contribution in [2.75, 3.05) is 25.6 Å². The van der Waals surface area contributed by atoms with Crippen LogP contribution in [-0.2, 0) is 4.74 Å². The van der Waals surface area contributed by atoms with Gasteiger partial charge in [0.2, 0.25) is 5.95 Å². The van der Waals surface area contributed by atoms with Crippen molar-refractivity contribution in [3.05, 3.63) is 12.4 Å². The number of nitrogens with one attached hydrogen (secondary N) is 1. The van der Waals surface area contributed by atoms with E-state index in [4.69, 9.17) is 4.74 Å². The fourth-order valence-electron chi connectivity index (χ4n) is 2.84. The molecule has 0 atom stereocenters. The van der Waals surface area contributed by atoms with Gasteiger partial charge in [-0.25, -0.2) is 4.98 Å². The van der Waals surface area contributed by atoms with E-state index in [-0.39, 0.29) is 0 Å². The largest absolute Gasteiger partial charge is 0.383 e. The predicted molar refractivity (Wildman–Crippen MR) is 73.9 cm³/mol. The number of rotatable bonds is 6. The van der Waals surface area contributed by atoms with Crippen LogP contribution in [0.15, 0.2) is 12.4 Å². The molecule has 0 spiro atoms. The second kappa shape index (κ2) is 6.78. The van der Waals surface area contributed by atoms with Gasteiger partial charge in [-0.1, -0.05) is 13.3 Å². The van der Waals surface area contributed by atoms with Crippen LogP contribution in [0.3, 0.4) is 0 Å². The normalized spacial score (nSPS) is 24.1. The molecule has 1 saturated carbocycles. The summed E-state index contributed by atoms with van der Waals surface area (Å²) in [7, 11) is 1.72. The van der Waals surface area contributed by atoms with Crippen LogP contribution < -0.4 is 5.32 Å². The highest BCUT2D eigenvalue weighted by atomic mass is 16.5. The molecular weight excluding hydrogens is 226 g/mol. The van der Waals surface area contributed by atoms with E-state index in [0.29, 0.717) is 6.04 Å². The third-order valence-corrected chi connectivity index (χ3v) is 4.04. The molecule has 0 saturated heterocycles. The van der Waals surface area contributed by atoms with Gasteiger partial charge in [-0.3, -0.25) is 0 Å². The summed E-state index contributed by atoms with van der Waals surface area (Å²) < 4.78 is 7.36. The number of imidazole rings is 1. The Labute approximate surface area is 110 Å². The highest BCUT2D eigenvalue weighted by Crippen LogP contribution is 2.34. The van der Waals surface area contributed by atoms with Crippen molar-refractivity contribution in [3.8, 4) is 0 Å². The Morgan fingerprint density at radius 1 is 1.39 bits per heavy atom. The molecule has 0 aromatic carbocycles. The van der Waals surface area contributed by atoms with Crippen molar-refractivity contribution >= 4 is 5.95 Å². The molecule has 1 aliphatic rings. The fraction of sp³-hybridized carbons (Fsp3) is 0.786. The maximum absolute atomic E-state index is 5.05. The SMILES string of the molecule is CCC1CCC(n2ccnc2NCCOC)CC1. The summed E-state index contributed by atoms with van der Waals surface area (Å²) in [6.45, 7) is 3.84. The number of hydrogen-bond donors (Lipinski definition) is 1. The van der Waals surface area contributed by atoms with Crippen molar-refractivity contribution in [1.82, 2.24) is 9.55 Å². The Bertz CT molecular complexity index is 343. The van der Waals surface area contributed by atoms with E-state index in [1.54, 1.807) is 7.11 Å². The molecular formula is C14H25N3O. The summed E-state index contributed by atoms with van der Waals surface area (Å²) in [5.74, 6) is 1.93. The second-order valence-corrected chi connectivity index (χ2v) is 5.16. The van der Waals surface area contributed by atoms with Gasteiger partial charge in [0.1, 0.15) is 0 Å². The van der Waals surface area contributed by atoms with Gasteiger partial charge in [-0.2, -0.15) is 0 Å². The average molecular weight is 251 g/mol. The molecule has 0 unspecified atom stereocenters. The van der Waals surface area contributed by atoms with Gasteiger partial charge in [0.25, 0.3) is 0 Å². The van der Waals surface area contributed by atoms with Crippen molar-refractivity contribution in [3.63, 3.8) is 0 Å². The minimum atomic E-state index is 0.625. The zero-order valence-corrected chi connectivity index (χ0v) is 11.6. The Morgan fingerprint density at radius 2 is 2.17 bits per heavy atom. The lowest BCUT2D eigenvalue weighted by Gasteiger charge is -2.29. The second-order valence-electron chi connectivity index (χ2n) is 5.16. The highest BCUT2D eigenvalue weighted by molar-refractivity contribution is 5.26. The molecule has 18 heavy (non-hydrogen) atoms. The maximum atomic E-state index is 5.05.